The Morgan fingerprint density at radius 1 is 1.06 bits per heavy atom. The van der Waals surface area contributed by atoms with Crippen molar-refractivity contribution in [2.45, 2.75) is 95.4 Å². The molecule has 5 heteroatoms. The van der Waals surface area contributed by atoms with Crippen LogP contribution in [0.5, 0.6) is 0 Å². The summed E-state index contributed by atoms with van der Waals surface area (Å²) in [5, 5.41) is 22.9. The number of rotatable bonds is 5. The van der Waals surface area contributed by atoms with Gasteiger partial charge in [0.05, 0.1) is 24.6 Å². The predicted molar refractivity (Wildman–Crippen MR) is 131 cm³/mol. The molecule has 4 fully saturated rings. The molecule has 3 saturated carbocycles. The maximum absolute atomic E-state index is 12.7. The van der Waals surface area contributed by atoms with E-state index in [4.69, 9.17) is 9.15 Å². The standard InChI is InChI=1S/C29H43NO4/c1-26-11-9-22(31)20-21(26)7-8-24-23(26)10-12-27(2)28(24,32)13-14-29(27,25-6-5-18-33-25)34-19-17-30-15-3-4-16-30/h5-6,18,20,22-24,31-32H,3-4,7-17,19H2,1-2H3/t22?,23-,24-,26+,27+,28-,29?/m1/s1. The third-order valence-electron chi connectivity index (χ3n) is 11.3. The number of fused-ring (bicyclic) bond motifs is 5. The Bertz CT molecular complexity index is 923. The van der Waals surface area contributed by atoms with E-state index in [1.54, 1.807) is 6.26 Å². The lowest BCUT2D eigenvalue weighted by molar-refractivity contribution is -0.240. The highest BCUT2D eigenvalue weighted by atomic mass is 16.5. The average molecular weight is 470 g/mol. The Labute approximate surface area is 204 Å². The number of ether oxygens (including phenoxy) is 1. The van der Waals surface area contributed by atoms with Gasteiger partial charge in [-0.05, 0) is 107 Å². The minimum absolute atomic E-state index is 0.103. The van der Waals surface area contributed by atoms with Crippen molar-refractivity contribution in [2.24, 2.45) is 22.7 Å². The summed E-state index contributed by atoms with van der Waals surface area (Å²) >= 11 is 0. The van der Waals surface area contributed by atoms with Gasteiger partial charge in [0.2, 0.25) is 0 Å². The molecule has 34 heavy (non-hydrogen) atoms. The smallest absolute Gasteiger partial charge is 0.136 e. The highest BCUT2D eigenvalue weighted by Gasteiger charge is 2.73. The minimum Gasteiger partial charge on any atom is -0.466 e. The maximum atomic E-state index is 12.7. The monoisotopic (exact) mass is 469 g/mol. The van der Waals surface area contributed by atoms with Gasteiger partial charge >= 0.3 is 0 Å². The molecule has 1 saturated heterocycles. The van der Waals surface area contributed by atoms with Gasteiger partial charge in [-0.15, -0.1) is 0 Å². The normalized spacial score (nSPS) is 46.6. The first kappa shape index (κ1) is 23.3. The molecule has 188 valence electrons. The Balaban J connectivity index is 1.32. The molecule has 1 aliphatic heterocycles. The molecule has 5 aliphatic rings. The van der Waals surface area contributed by atoms with Crippen molar-refractivity contribution in [1.29, 1.82) is 0 Å². The molecule has 1 aromatic heterocycles. The van der Waals surface area contributed by atoms with Gasteiger partial charge in [0, 0.05) is 12.0 Å². The van der Waals surface area contributed by atoms with Crippen molar-refractivity contribution >= 4 is 0 Å². The van der Waals surface area contributed by atoms with Gasteiger partial charge in [0.1, 0.15) is 11.4 Å². The lowest BCUT2D eigenvalue weighted by Crippen LogP contribution is -2.64. The second kappa shape index (κ2) is 8.19. The number of furan rings is 1. The fraction of sp³-hybridized carbons (Fsp3) is 0.793. The van der Waals surface area contributed by atoms with Crippen LogP contribution in [0.4, 0.5) is 0 Å². The van der Waals surface area contributed by atoms with Gasteiger partial charge in [0.25, 0.3) is 0 Å². The first-order valence-corrected chi connectivity index (χ1v) is 13.8. The van der Waals surface area contributed by atoms with Crippen LogP contribution in [0.25, 0.3) is 0 Å². The van der Waals surface area contributed by atoms with Gasteiger partial charge in [-0.2, -0.15) is 0 Å². The Kier molecular flexibility index (Phi) is 5.61. The highest BCUT2D eigenvalue weighted by Crippen LogP contribution is 2.72. The summed E-state index contributed by atoms with van der Waals surface area (Å²) in [5.41, 5.74) is -0.171. The van der Waals surface area contributed by atoms with Crippen LogP contribution in [0.1, 0.15) is 83.8 Å². The quantitative estimate of drug-likeness (QED) is 0.593. The molecule has 6 rings (SSSR count). The molecule has 1 aromatic rings. The molecule has 0 aromatic carbocycles. The van der Waals surface area contributed by atoms with Gasteiger partial charge in [-0.25, -0.2) is 0 Å². The SMILES string of the molecule is C[C@]12CCC(O)C=C1CC[C@@H]1[C@H]2CC[C@]2(C)C(OCCN3CCCC3)(c3ccco3)CC[C@@]12O. The molecule has 7 atom stereocenters. The topological polar surface area (TPSA) is 66.1 Å². The zero-order chi connectivity index (χ0) is 23.6. The van der Waals surface area contributed by atoms with E-state index in [0.29, 0.717) is 12.5 Å². The molecule has 2 N–H and O–H groups in total. The summed E-state index contributed by atoms with van der Waals surface area (Å²) in [4.78, 5) is 2.50. The van der Waals surface area contributed by atoms with Crippen LogP contribution in [-0.2, 0) is 10.3 Å². The second-order valence-corrected chi connectivity index (χ2v) is 12.5. The number of allylic oxidation sites excluding steroid dienone is 1. The fourth-order valence-electron chi connectivity index (χ4n) is 9.24. The summed E-state index contributed by atoms with van der Waals surface area (Å²) < 4.78 is 13.0. The molecule has 0 spiro atoms. The predicted octanol–water partition coefficient (Wildman–Crippen LogP) is 5.03. The third-order valence-corrected chi connectivity index (χ3v) is 11.3. The van der Waals surface area contributed by atoms with Gasteiger partial charge in [-0.3, -0.25) is 0 Å². The number of aliphatic hydroxyl groups is 2. The van der Waals surface area contributed by atoms with E-state index < -0.39 is 11.2 Å². The summed E-state index contributed by atoms with van der Waals surface area (Å²) in [6, 6.07) is 4.05. The van der Waals surface area contributed by atoms with E-state index in [0.717, 1.165) is 63.7 Å². The Morgan fingerprint density at radius 2 is 1.88 bits per heavy atom. The summed E-state index contributed by atoms with van der Waals surface area (Å²) in [5.74, 6) is 1.63. The van der Waals surface area contributed by atoms with Crippen molar-refractivity contribution in [1.82, 2.24) is 4.90 Å². The van der Waals surface area contributed by atoms with Gasteiger partial charge in [0.15, 0.2) is 0 Å². The van der Waals surface area contributed by atoms with Crippen LogP contribution in [0.15, 0.2) is 34.5 Å². The number of hydrogen-bond acceptors (Lipinski definition) is 5. The lowest BCUT2D eigenvalue weighted by atomic mass is 9.44. The van der Waals surface area contributed by atoms with Crippen molar-refractivity contribution in [3.8, 4) is 0 Å². The Morgan fingerprint density at radius 3 is 2.65 bits per heavy atom. The molecule has 2 heterocycles. The van der Waals surface area contributed by atoms with Crippen LogP contribution in [0, 0.1) is 22.7 Å². The number of aliphatic hydroxyl groups excluding tert-OH is 1. The largest absolute Gasteiger partial charge is 0.466 e. The second-order valence-electron chi connectivity index (χ2n) is 12.5. The molecule has 5 nitrogen and oxygen atoms in total. The maximum Gasteiger partial charge on any atom is 0.136 e. The summed E-state index contributed by atoms with van der Waals surface area (Å²) in [6.07, 6.45) is 13.7. The summed E-state index contributed by atoms with van der Waals surface area (Å²) in [6.45, 7) is 8.69. The van der Waals surface area contributed by atoms with Crippen LogP contribution in [0.2, 0.25) is 0 Å². The zero-order valence-corrected chi connectivity index (χ0v) is 21.1. The van der Waals surface area contributed by atoms with Gasteiger partial charge < -0.3 is 24.3 Å². The molecular formula is C29H43NO4. The third kappa shape index (κ3) is 3.12. The molecule has 4 aliphatic carbocycles. The van der Waals surface area contributed by atoms with E-state index in [-0.39, 0.29) is 22.9 Å². The molecule has 0 amide bonds. The van der Waals surface area contributed by atoms with E-state index >= 15 is 0 Å². The highest BCUT2D eigenvalue weighted by molar-refractivity contribution is 5.31. The first-order chi connectivity index (χ1) is 16.3. The first-order valence-electron chi connectivity index (χ1n) is 13.8. The van der Waals surface area contributed by atoms with Crippen molar-refractivity contribution in [2.75, 3.05) is 26.2 Å². The Hall–Kier alpha value is -1.14. The van der Waals surface area contributed by atoms with Crippen LogP contribution < -0.4 is 0 Å². The number of nitrogens with zero attached hydrogens (tertiary/aromatic N) is 1. The van der Waals surface area contributed by atoms with Gasteiger partial charge in [-0.1, -0.05) is 25.5 Å². The van der Waals surface area contributed by atoms with Crippen molar-refractivity contribution in [3.63, 3.8) is 0 Å². The van der Waals surface area contributed by atoms with Crippen LogP contribution in [-0.4, -0.2) is 53.1 Å². The number of likely N-dealkylation sites (tertiary alicyclic amines) is 1. The zero-order valence-electron chi connectivity index (χ0n) is 21.1. The average Bonchev–Trinajstić information content (AvgIpc) is 3.57. The van der Waals surface area contributed by atoms with Crippen LogP contribution >= 0.6 is 0 Å². The molecular weight excluding hydrogens is 426 g/mol. The van der Waals surface area contributed by atoms with E-state index in [1.165, 1.54) is 31.5 Å². The summed E-state index contributed by atoms with van der Waals surface area (Å²) in [7, 11) is 0. The number of hydrogen-bond donors (Lipinski definition) is 2. The van der Waals surface area contributed by atoms with Crippen molar-refractivity contribution < 1.29 is 19.4 Å². The van der Waals surface area contributed by atoms with E-state index in [2.05, 4.69) is 30.9 Å². The molecule has 0 radical (unpaired) electrons. The minimum atomic E-state index is -0.763. The molecule has 0 bridgehead atoms. The van der Waals surface area contributed by atoms with Crippen LogP contribution in [0.3, 0.4) is 0 Å². The fourth-order valence-corrected chi connectivity index (χ4v) is 9.24. The van der Waals surface area contributed by atoms with Crippen molar-refractivity contribution in [3.05, 3.63) is 35.8 Å². The van der Waals surface area contributed by atoms with E-state index in [9.17, 15) is 10.2 Å². The lowest BCUT2D eigenvalue weighted by Gasteiger charge is -2.62. The molecule has 2 unspecified atom stereocenters. The van der Waals surface area contributed by atoms with E-state index in [1.807, 2.05) is 6.07 Å².